The number of para-hydroxylation sites is 1. The molecule has 1 atom stereocenters. The lowest BCUT2D eigenvalue weighted by molar-refractivity contribution is 0.171. The number of nitrogens with one attached hydrogen (secondary N) is 1. The number of ether oxygens (including phenoxy) is 1. The van der Waals surface area contributed by atoms with Crippen molar-refractivity contribution >= 4 is 0 Å². The van der Waals surface area contributed by atoms with Gasteiger partial charge in [-0.2, -0.15) is 0 Å². The van der Waals surface area contributed by atoms with E-state index in [1.807, 2.05) is 12.1 Å². The lowest BCUT2D eigenvalue weighted by atomic mass is 9.88. The fourth-order valence-corrected chi connectivity index (χ4v) is 2.62. The van der Waals surface area contributed by atoms with E-state index in [1.54, 1.807) is 7.11 Å². The van der Waals surface area contributed by atoms with Crippen LogP contribution in [0.25, 0.3) is 0 Å². The SMILES string of the molecule is COc1ccccc1CC1(N(C)C)CCNC1. The smallest absolute Gasteiger partial charge is 0.122 e. The van der Waals surface area contributed by atoms with Crippen molar-refractivity contribution in [1.29, 1.82) is 0 Å². The number of rotatable bonds is 4. The van der Waals surface area contributed by atoms with Gasteiger partial charge < -0.3 is 15.0 Å². The second kappa shape index (κ2) is 5.07. The van der Waals surface area contributed by atoms with Crippen molar-refractivity contribution in [3.8, 4) is 5.75 Å². The first-order valence-electron chi connectivity index (χ1n) is 6.18. The summed E-state index contributed by atoms with van der Waals surface area (Å²) in [5.74, 6) is 1.00. The van der Waals surface area contributed by atoms with E-state index in [1.165, 1.54) is 12.0 Å². The Bertz CT molecular complexity index is 370. The molecule has 0 radical (unpaired) electrons. The van der Waals surface area contributed by atoms with E-state index in [0.717, 1.165) is 25.3 Å². The van der Waals surface area contributed by atoms with Crippen LogP contribution >= 0.6 is 0 Å². The highest BCUT2D eigenvalue weighted by molar-refractivity contribution is 5.35. The molecule has 2 rings (SSSR count). The Morgan fingerprint density at radius 2 is 2.12 bits per heavy atom. The number of benzene rings is 1. The summed E-state index contributed by atoms with van der Waals surface area (Å²) in [4.78, 5) is 2.35. The van der Waals surface area contributed by atoms with Gasteiger partial charge in [-0.1, -0.05) is 18.2 Å². The number of hydrogen-bond acceptors (Lipinski definition) is 3. The van der Waals surface area contributed by atoms with Gasteiger partial charge in [-0.3, -0.25) is 0 Å². The molecule has 1 aromatic rings. The predicted molar refractivity (Wildman–Crippen MR) is 70.6 cm³/mol. The summed E-state index contributed by atoms with van der Waals surface area (Å²) in [5, 5.41) is 3.47. The van der Waals surface area contributed by atoms with Gasteiger partial charge in [0, 0.05) is 12.1 Å². The second-order valence-electron chi connectivity index (χ2n) is 5.03. The minimum absolute atomic E-state index is 0.231. The summed E-state index contributed by atoms with van der Waals surface area (Å²) >= 11 is 0. The molecule has 1 heterocycles. The van der Waals surface area contributed by atoms with Crippen LogP contribution in [0, 0.1) is 0 Å². The van der Waals surface area contributed by atoms with Crippen molar-refractivity contribution in [2.24, 2.45) is 0 Å². The molecule has 0 bridgehead atoms. The Balaban J connectivity index is 2.23. The third-order valence-electron chi connectivity index (χ3n) is 3.88. The quantitative estimate of drug-likeness (QED) is 0.855. The van der Waals surface area contributed by atoms with Crippen molar-refractivity contribution in [2.75, 3.05) is 34.3 Å². The fourth-order valence-electron chi connectivity index (χ4n) is 2.62. The highest BCUT2D eigenvalue weighted by Gasteiger charge is 2.36. The van der Waals surface area contributed by atoms with Crippen molar-refractivity contribution in [2.45, 2.75) is 18.4 Å². The van der Waals surface area contributed by atoms with E-state index in [9.17, 15) is 0 Å². The maximum Gasteiger partial charge on any atom is 0.122 e. The van der Waals surface area contributed by atoms with Crippen molar-refractivity contribution < 1.29 is 4.74 Å². The van der Waals surface area contributed by atoms with Crippen LogP contribution < -0.4 is 10.1 Å². The van der Waals surface area contributed by atoms with Crippen LogP contribution in [-0.2, 0) is 6.42 Å². The normalized spacial score (nSPS) is 24.2. The summed E-state index contributed by atoms with van der Waals surface area (Å²) in [6.07, 6.45) is 2.23. The average Bonchev–Trinajstić information content (AvgIpc) is 2.80. The number of nitrogens with zero attached hydrogens (tertiary/aromatic N) is 1. The lowest BCUT2D eigenvalue weighted by Crippen LogP contribution is -2.48. The highest BCUT2D eigenvalue weighted by Crippen LogP contribution is 2.29. The van der Waals surface area contributed by atoms with Crippen LogP contribution in [-0.4, -0.2) is 44.7 Å². The number of methoxy groups -OCH3 is 1. The van der Waals surface area contributed by atoms with Crippen LogP contribution in [0.5, 0.6) is 5.75 Å². The molecule has 1 saturated heterocycles. The molecule has 1 unspecified atom stereocenters. The van der Waals surface area contributed by atoms with Crippen LogP contribution in [0.15, 0.2) is 24.3 Å². The molecular formula is C14H22N2O. The number of likely N-dealkylation sites (N-methyl/N-ethyl adjacent to an activating group) is 1. The Labute approximate surface area is 104 Å². The molecule has 1 fully saturated rings. The van der Waals surface area contributed by atoms with Gasteiger partial charge in [-0.25, -0.2) is 0 Å². The highest BCUT2D eigenvalue weighted by atomic mass is 16.5. The molecule has 0 spiro atoms. The Kier molecular flexibility index (Phi) is 3.69. The molecule has 0 saturated carbocycles. The van der Waals surface area contributed by atoms with Gasteiger partial charge in [-0.15, -0.1) is 0 Å². The maximum absolute atomic E-state index is 5.44. The third-order valence-corrected chi connectivity index (χ3v) is 3.88. The average molecular weight is 234 g/mol. The first kappa shape index (κ1) is 12.4. The summed E-state index contributed by atoms with van der Waals surface area (Å²) < 4.78 is 5.44. The van der Waals surface area contributed by atoms with Gasteiger partial charge in [0.05, 0.1) is 7.11 Å². The van der Waals surface area contributed by atoms with E-state index in [4.69, 9.17) is 4.74 Å². The first-order chi connectivity index (χ1) is 8.18. The molecular weight excluding hydrogens is 212 g/mol. The monoisotopic (exact) mass is 234 g/mol. The molecule has 3 nitrogen and oxygen atoms in total. The van der Waals surface area contributed by atoms with Gasteiger partial charge in [0.25, 0.3) is 0 Å². The standard InChI is InChI=1S/C14H22N2O/c1-16(2)14(8-9-15-11-14)10-12-6-4-5-7-13(12)17-3/h4-7,15H,8-11H2,1-3H3. The van der Waals surface area contributed by atoms with Crippen molar-refractivity contribution in [3.05, 3.63) is 29.8 Å². The molecule has 94 valence electrons. The van der Waals surface area contributed by atoms with Gasteiger partial charge in [0.1, 0.15) is 5.75 Å². The minimum atomic E-state index is 0.231. The zero-order valence-electron chi connectivity index (χ0n) is 11.0. The molecule has 1 aliphatic rings. The van der Waals surface area contributed by atoms with Crippen LogP contribution in [0.1, 0.15) is 12.0 Å². The van der Waals surface area contributed by atoms with E-state index in [-0.39, 0.29) is 5.54 Å². The Hall–Kier alpha value is -1.06. The van der Waals surface area contributed by atoms with Gasteiger partial charge in [0.2, 0.25) is 0 Å². The van der Waals surface area contributed by atoms with E-state index in [0.29, 0.717) is 0 Å². The third kappa shape index (κ3) is 2.45. The molecule has 0 amide bonds. The fraction of sp³-hybridized carbons (Fsp3) is 0.571. The molecule has 0 aliphatic carbocycles. The van der Waals surface area contributed by atoms with Crippen LogP contribution in [0.2, 0.25) is 0 Å². The maximum atomic E-state index is 5.44. The Morgan fingerprint density at radius 1 is 1.35 bits per heavy atom. The zero-order valence-corrected chi connectivity index (χ0v) is 11.0. The Morgan fingerprint density at radius 3 is 2.71 bits per heavy atom. The molecule has 1 N–H and O–H groups in total. The summed E-state index contributed by atoms with van der Waals surface area (Å²) in [7, 11) is 6.08. The molecule has 1 aromatic carbocycles. The molecule has 17 heavy (non-hydrogen) atoms. The summed E-state index contributed by atoms with van der Waals surface area (Å²) in [5.41, 5.74) is 1.53. The molecule has 1 aliphatic heterocycles. The van der Waals surface area contributed by atoms with Crippen LogP contribution in [0.4, 0.5) is 0 Å². The predicted octanol–water partition coefficient (Wildman–Crippen LogP) is 1.53. The lowest BCUT2D eigenvalue weighted by Gasteiger charge is -2.36. The van der Waals surface area contributed by atoms with E-state index in [2.05, 4.69) is 36.4 Å². The zero-order chi connectivity index (χ0) is 12.3. The number of hydrogen-bond donors (Lipinski definition) is 1. The first-order valence-corrected chi connectivity index (χ1v) is 6.18. The van der Waals surface area contributed by atoms with Crippen molar-refractivity contribution in [3.63, 3.8) is 0 Å². The van der Waals surface area contributed by atoms with Crippen molar-refractivity contribution in [1.82, 2.24) is 10.2 Å². The summed E-state index contributed by atoms with van der Waals surface area (Å²) in [6, 6.07) is 8.32. The van der Waals surface area contributed by atoms with Gasteiger partial charge in [0.15, 0.2) is 0 Å². The van der Waals surface area contributed by atoms with E-state index < -0.39 is 0 Å². The van der Waals surface area contributed by atoms with Gasteiger partial charge in [-0.05, 0) is 45.1 Å². The molecule has 3 heteroatoms. The van der Waals surface area contributed by atoms with Crippen LogP contribution in [0.3, 0.4) is 0 Å². The second-order valence-corrected chi connectivity index (χ2v) is 5.03. The summed E-state index contributed by atoms with van der Waals surface area (Å²) in [6.45, 7) is 2.16. The minimum Gasteiger partial charge on any atom is -0.496 e. The van der Waals surface area contributed by atoms with E-state index >= 15 is 0 Å². The van der Waals surface area contributed by atoms with Gasteiger partial charge >= 0.3 is 0 Å². The topological polar surface area (TPSA) is 24.5 Å². The largest absolute Gasteiger partial charge is 0.496 e. The molecule has 0 aromatic heterocycles.